The molecule has 1 amide bonds. The molecule has 0 spiro atoms. The van der Waals surface area contributed by atoms with E-state index in [1.54, 1.807) is 6.07 Å². The quantitative estimate of drug-likeness (QED) is 0.873. The van der Waals surface area contributed by atoms with Gasteiger partial charge in [0.05, 0.1) is 11.4 Å². The lowest BCUT2D eigenvalue weighted by atomic mass is 10.2. The van der Waals surface area contributed by atoms with Crippen LogP contribution in [0.4, 0.5) is 10.1 Å². The summed E-state index contributed by atoms with van der Waals surface area (Å²) in [6.07, 6.45) is 1.41. The molecule has 1 aromatic rings. The van der Waals surface area contributed by atoms with E-state index in [1.807, 2.05) is 0 Å². The van der Waals surface area contributed by atoms with Gasteiger partial charge in [-0.05, 0) is 18.6 Å². The second-order valence-electron chi connectivity index (χ2n) is 3.76. The third-order valence-electron chi connectivity index (χ3n) is 2.07. The molecule has 0 fully saturated rings. The highest BCUT2D eigenvalue weighted by atomic mass is 32.2. The van der Waals surface area contributed by atoms with Gasteiger partial charge >= 0.3 is 0 Å². The Labute approximate surface area is 99.8 Å². The number of anilines is 1. The van der Waals surface area contributed by atoms with E-state index in [0.29, 0.717) is 0 Å². The Kier molecular flexibility index (Phi) is 4.62. The van der Waals surface area contributed by atoms with E-state index in [4.69, 9.17) is 0 Å². The lowest BCUT2D eigenvalue weighted by molar-refractivity contribution is -0.116. The maximum atomic E-state index is 13.2. The number of sulfone groups is 1. The molecule has 0 aliphatic carbocycles. The van der Waals surface area contributed by atoms with Gasteiger partial charge in [0.15, 0.2) is 0 Å². The van der Waals surface area contributed by atoms with Crippen LogP contribution in [0.15, 0.2) is 24.3 Å². The molecule has 6 heteroatoms. The van der Waals surface area contributed by atoms with Crippen molar-refractivity contribution in [1.82, 2.24) is 0 Å². The molecular weight excluding hydrogens is 245 g/mol. The van der Waals surface area contributed by atoms with Crippen LogP contribution in [0.5, 0.6) is 0 Å². The molecule has 0 aromatic heterocycles. The van der Waals surface area contributed by atoms with Crippen LogP contribution < -0.4 is 5.32 Å². The maximum absolute atomic E-state index is 13.2. The Bertz CT molecular complexity index is 499. The molecule has 0 saturated carbocycles. The first-order valence-corrected chi connectivity index (χ1v) is 7.16. The summed E-state index contributed by atoms with van der Waals surface area (Å²) >= 11 is 0. The van der Waals surface area contributed by atoms with E-state index in [2.05, 4.69) is 5.32 Å². The highest BCUT2D eigenvalue weighted by molar-refractivity contribution is 7.90. The molecule has 0 heterocycles. The number of rotatable bonds is 5. The van der Waals surface area contributed by atoms with Crippen molar-refractivity contribution in [3.8, 4) is 0 Å². The second-order valence-corrected chi connectivity index (χ2v) is 6.02. The number of amides is 1. The summed E-state index contributed by atoms with van der Waals surface area (Å²) in [6.45, 7) is 0. The minimum absolute atomic E-state index is 0.0440. The average Bonchev–Trinajstić information content (AvgIpc) is 2.19. The molecular formula is C11H14FNO3S. The van der Waals surface area contributed by atoms with Gasteiger partial charge < -0.3 is 5.32 Å². The Morgan fingerprint density at radius 2 is 2.00 bits per heavy atom. The van der Waals surface area contributed by atoms with Gasteiger partial charge in [0.2, 0.25) is 5.91 Å². The van der Waals surface area contributed by atoms with Gasteiger partial charge in [-0.25, -0.2) is 12.8 Å². The molecule has 94 valence electrons. The summed E-state index contributed by atoms with van der Waals surface area (Å²) < 4.78 is 34.8. The molecule has 1 N–H and O–H groups in total. The lowest BCUT2D eigenvalue weighted by Crippen LogP contribution is -2.14. The van der Waals surface area contributed by atoms with E-state index in [1.165, 1.54) is 18.2 Å². The zero-order valence-electron chi connectivity index (χ0n) is 9.44. The predicted molar refractivity (Wildman–Crippen MR) is 64.0 cm³/mol. The van der Waals surface area contributed by atoms with Crippen molar-refractivity contribution in [2.24, 2.45) is 0 Å². The minimum atomic E-state index is -3.05. The second kappa shape index (κ2) is 5.77. The van der Waals surface area contributed by atoms with Crippen LogP contribution in [0, 0.1) is 5.82 Å². The van der Waals surface area contributed by atoms with Gasteiger partial charge in [0.25, 0.3) is 0 Å². The first-order valence-electron chi connectivity index (χ1n) is 5.10. The van der Waals surface area contributed by atoms with Crippen LogP contribution in [-0.4, -0.2) is 26.3 Å². The van der Waals surface area contributed by atoms with Gasteiger partial charge in [-0.15, -0.1) is 0 Å². The monoisotopic (exact) mass is 259 g/mol. The predicted octanol–water partition coefficient (Wildman–Crippen LogP) is 1.59. The van der Waals surface area contributed by atoms with Crippen LogP contribution in [0.2, 0.25) is 0 Å². The van der Waals surface area contributed by atoms with Crippen molar-refractivity contribution in [3.05, 3.63) is 30.1 Å². The average molecular weight is 259 g/mol. The first kappa shape index (κ1) is 13.6. The zero-order chi connectivity index (χ0) is 12.9. The number of carbonyl (C=O) groups is 1. The van der Waals surface area contributed by atoms with Crippen molar-refractivity contribution in [1.29, 1.82) is 0 Å². The summed E-state index contributed by atoms with van der Waals surface area (Å²) in [7, 11) is -3.05. The van der Waals surface area contributed by atoms with Crippen LogP contribution in [-0.2, 0) is 14.6 Å². The number of halogens is 1. The molecule has 0 aliphatic heterocycles. The lowest BCUT2D eigenvalue weighted by Gasteiger charge is -2.05. The summed E-state index contributed by atoms with van der Waals surface area (Å²) in [5.74, 6) is -0.944. The molecule has 1 aromatic carbocycles. The molecule has 1 rings (SSSR count). The number of hydrogen-bond donors (Lipinski definition) is 1. The van der Waals surface area contributed by atoms with E-state index in [-0.39, 0.29) is 24.3 Å². The van der Waals surface area contributed by atoms with E-state index in [9.17, 15) is 17.6 Å². The van der Waals surface area contributed by atoms with E-state index in [0.717, 1.165) is 6.26 Å². The van der Waals surface area contributed by atoms with Gasteiger partial charge in [0.1, 0.15) is 15.7 Å². The first-order chi connectivity index (χ1) is 7.88. The Hall–Kier alpha value is -1.43. The smallest absolute Gasteiger partial charge is 0.224 e. The van der Waals surface area contributed by atoms with Crippen LogP contribution in [0.25, 0.3) is 0 Å². The molecule has 17 heavy (non-hydrogen) atoms. The van der Waals surface area contributed by atoms with Crippen LogP contribution in [0.3, 0.4) is 0 Å². The largest absolute Gasteiger partial charge is 0.324 e. The van der Waals surface area contributed by atoms with Crippen molar-refractivity contribution in [2.75, 3.05) is 17.3 Å². The van der Waals surface area contributed by atoms with Crippen LogP contribution in [0.1, 0.15) is 12.8 Å². The minimum Gasteiger partial charge on any atom is -0.324 e. The van der Waals surface area contributed by atoms with E-state index < -0.39 is 21.6 Å². The molecule has 0 saturated heterocycles. The zero-order valence-corrected chi connectivity index (χ0v) is 10.3. The topological polar surface area (TPSA) is 63.2 Å². The molecule has 0 unspecified atom stereocenters. The summed E-state index contributed by atoms with van der Waals surface area (Å²) in [5, 5.41) is 2.39. The fourth-order valence-electron chi connectivity index (χ4n) is 1.27. The highest BCUT2D eigenvalue weighted by Gasteiger charge is 2.08. The summed E-state index contributed by atoms with van der Waals surface area (Å²) in [4.78, 5) is 11.4. The summed E-state index contributed by atoms with van der Waals surface area (Å²) in [5.41, 5.74) is 0.108. The van der Waals surface area contributed by atoms with Gasteiger partial charge in [-0.2, -0.15) is 0 Å². The SMILES string of the molecule is CS(=O)(=O)CCCC(=O)Nc1ccccc1F. The maximum Gasteiger partial charge on any atom is 0.224 e. The Balaban J connectivity index is 2.43. The highest BCUT2D eigenvalue weighted by Crippen LogP contribution is 2.12. The fraction of sp³-hybridized carbons (Fsp3) is 0.364. The van der Waals surface area contributed by atoms with Crippen LogP contribution >= 0.6 is 0 Å². The third-order valence-corrected chi connectivity index (χ3v) is 3.10. The molecule has 0 aliphatic rings. The summed E-state index contributed by atoms with van der Waals surface area (Å²) in [6, 6.07) is 5.82. The van der Waals surface area contributed by atoms with Gasteiger partial charge in [-0.1, -0.05) is 12.1 Å². The molecule has 4 nitrogen and oxygen atoms in total. The fourth-order valence-corrected chi connectivity index (χ4v) is 1.94. The Morgan fingerprint density at radius 1 is 1.35 bits per heavy atom. The number of para-hydroxylation sites is 1. The van der Waals surface area contributed by atoms with Crippen molar-refractivity contribution in [2.45, 2.75) is 12.8 Å². The van der Waals surface area contributed by atoms with Gasteiger partial charge in [0, 0.05) is 12.7 Å². The van der Waals surface area contributed by atoms with Crippen molar-refractivity contribution < 1.29 is 17.6 Å². The number of benzene rings is 1. The number of hydrogen-bond acceptors (Lipinski definition) is 3. The van der Waals surface area contributed by atoms with E-state index >= 15 is 0 Å². The van der Waals surface area contributed by atoms with Gasteiger partial charge in [-0.3, -0.25) is 4.79 Å². The van der Waals surface area contributed by atoms with Crippen molar-refractivity contribution >= 4 is 21.4 Å². The molecule has 0 radical (unpaired) electrons. The number of carbonyl (C=O) groups excluding carboxylic acids is 1. The third kappa shape index (κ3) is 5.44. The Morgan fingerprint density at radius 3 is 2.59 bits per heavy atom. The molecule has 0 atom stereocenters. The van der Waals surface area contributed by atoms with Crippen molar-refractivity contribution in [3.63, 3.8) is 0 Å². The normalized spacial score (nSPS) is 11.2. The molecule has 0 bridgehead atoms. The standard InChI is InChI=1S/C11H14FNO3S/c1-17(15,16)8-4-7-11(14)13-10-6-3-2-5-9(10)12/h2-3,5-6H,4,7-8H2,1H3,(H,13,14). The number of nitrogens with one attached hydrogen (secondary N) is 1.